The van der Waals surface area contributed by atoms with Crippen molar-refractivity contribution in [1.82, 2.24) is 0 Å². The first kappa shape index (κ1) is 12.4. The first-order valence-corrected chi connectivity index (χ1v) is 5.40. The lowest BCUT2D eigenvalue weighted by Gasteiger charge is -2.08. The van der Waals surface area contributed by atoms with Gasteiger partial charge in [0.05, 0.1) is 5.56 Å². The molecule has 1 atom stereocenters. The Morgan fingerprint density at radius 2 is 2.06 bits per heavy atom. The molecule has 1 unspecified atom stereocenters. The van der Waals surface area contributed by atoms with Crippen molar-refractivity contribution >= 4 is 12.4 Å². The van der Waals surface area contributed by atoms with Gasteiger partial charge in [0.15, 0.2) is 6.40 Å². The zero-order chi connectivity index (χ0) is 12.0. The number of carbonyl (C=O) groups excluding carboxylic acids is 1. The third-order valence-corrected chi connectivity index (χ3v) is 2.59. The fourth-order valence-electron chi connectivity index (χ4n) is 1.35. The van der Waals surface area contributed by atoms with E-state index in [4.69, 9.17) is 4.74 Å². The number of esters is 1. The van der Waals surface area contributed by atoms with Crippen molar-refractivity contribution in [3.8, 4) is 0 Å². The molecule has 0 aromatic heterocycles. The summed E-state index contributed by atoms with van der Waals surface area (Å²) in [6.07, 6.45) is 2.23. The normalized spacial score (nSPS) is 12.7. The van der Waals surface area contributed by atoms with E-state index in [9.17, 15) is 4.79 Å². The molecule has 0 spiro atoms. The van der Waals surface area contributed by atoms with E-state index in [1.54, 1.807) is 19.2 Å². The van der Waals surface area contributed by atoms with E-state index in [0.29, 0.717) is 11.5 Å². The SMILES string of the molecule is CCC(C)c1ccc(C(=O)OC=NC)cc1. The van der Waals surface area contributed by atoms with E-state index >= 15 is 0 Å². The summed E-state index contributed by atoms with van der Waals surface area (Å²) in [5.41, 5.74) is 1.79. The second-order valence-electron chi connectivity index (χ2n) is 3.70. The molecule has 1 aromatic carbocycles. The van der Waals surface area contributed by atoms with Crippen LogP contribution in [0.25, 0.3) is 0 Å². The Balaban J connectivity index is 2.74. The molecule has 1 aromatic rings. The second kappa shape index (κ2) is 6.05. The first-order valence-electron chi connectivity index (χ1n) is 5.40. The van der Waals surface area contributed by atoms with Gasteiger partial charge in [0.25, 0.3) is 0 Å². The van der Waals surface area contributed by atoms with Gasteiger partial charge in [-0.1, -0.05) is 26.0 Å². The molecule has 0 saturated heterocycles. The molecule has 0 radical (unpaired) electrons. The third kappa shape index (κ3) is 3.19. The number of aliphatic imine (C=N–C) groups is 1. The summed E-state index contributed by atoms with van der Waals surface area (Å²) in [7, 11) is 1.55. The van der Waals surface area contributed by atoms with Gasteiger partial charge in [-0.15, -0.1) is 0 Å². The molecule has 0 bridgehead atoms. The highest BCUT2D eigenvalue weighted by atomic mass is 16.5. The first-order chi connectivity index (χ1) is 7.69. The van der Waals surface area contributed by atoms with E-state index < -0.39 is 0 Å². The van der Waals surface area contributed by atoms with Crippen LogP contribution in [0.5, 0.6) is 0 Å². The van der Waals surface area contributed by atoms with Gasteiger partial charge in [0, 0.05) is 7.05 Å². The topological polar surface area (TPSA) is 38.7 Å². The lowest BCUT2D eigenvalue weighted by Crippen LogP contribution is -2.03. The molecule has 0 aliphatic heterocycles. The number of carbonyl (C=O) groups is 1. The van der Waals surface area contributed by atoms with Gasteiger partial charge in [0.2, 0.25) is 0 Å². The van der Waals surface area contributed by atoms with Gasteiger partial charge < -0.3 is 4.74 Å². The zero-order valence-electron chi connectivity index (χ0n) is 9.93. The van der Waals surface area contributed by atoms with E-state index in [2.05, 4.69) is 18.8 Å². The summed E-state index contributed by atoms with van der Waals surface area (Å²) < 4.78 is 4.77. The van der Waals surface area contributed by atoms with Crippen molar-refractivity contribution in [1.29, 1.82) is 0 Å². The minimum Gasteiger partial charge on any atom is -0.411 e. The average Bonchev–Trinajstić information content (AvgIpc) is 2.35. The number of nitrogens with zero attached hydrogens (tertiary/aromatic N) is 1. The molecular weight excluding hydrogens is 202 g/mol. The van der Waals surface area contributed by atoms with Crippen molar-refractivity contribution in [2.24, 2.45) is 4.99 Å². The molecule has 1 rings (SSSR count). The molecule has 0 amide bonds. The maximum Gasteiger partial charge on any atom is 0.344 e. The Morgan fingerprint density at radius 1 is 1.44 bits per heavy atom. The summed E-state index contributed by atoms with van der Waals surface area (Å²) in [4.78, 5) is 15.0. The van der Waals surface area contributed by atoms with Crippen LogP contribution in [0.1, 0.15) is 42.1 Å². The smallest absolute Gasteiger partial charge is 0.344 e. The number of benzene rings is 1. The van der Waals surface area contributed by atoms with Crippen molar-refractivity contribution in [2.45, 2.75) is 26.2 Å². The van der Waals surface area contributed by atoms with Gasteiger partial charge >= 0.3 is 5.97 Å². The monoisotopic (exact) mass is 219 g/mol. The minimum atomic E-state index is -0.374. The second-order valence-corrected chi connectivity index (χ2v) is 3.70. The lowest BCUT2D eigenvalue weighted by molar-refractivity contribution is 0.0728. The van der Waals surface area contributed by atoms with Crippen molar-refractivity contribution in [3.05, 3.63) is 35.4 Å². The maximum atomic E-state index is 11.4. The maximum absolute atomic E-state index is 11.4. The standard InChI is InChI=1S/C13H17NO2/c1-4-10(2)11-5-7-12(8-6-11)13(15)16-9-14-3/h5-10H,4H2,1-3H3. The third-order valence-electron chi connectivity index (χ3n) is 2.59. The van der Waals surface area contributed by atoms with Crippen LogP contribution in [0, 0.1) is 0 Å². The van der Waals surface area contributed by atoms with Crippen LogP contribution >= 0.6 is 0 Å². The highest BCUT2D eigenvalue weighted by Crippen LogP contribution is 2.18. The van der Waals surface area contributed by atoms with Crippen LogP contribution in [-0.2, 0) is 4.74 Å². The molecule has 0 N–H and O–H groups in total. The van der Waals surface area contributed by atoms with Crippen LogP contribution in [0.3, 0.4) is 0 Å². The molecule has 3 nitrogen and oxygen atoms in total. The number of ether oxygens (including phenoxy) is 1. The molecule has 0 aliphatic carbocycles. The van der Waals surface area contributed by atoms with Gasteiger partial charge in [-0.3, -0.25) is 4.99 Å². The summed E-state index contributed by atoms with van der Waals surface area (Å²) in [5.74, 6) is 0.142. The summed E-state index contributed by atoms with van der Waals surface area (Å²) in [6, 6.07) is 7.50. The predicted octanol–water partition coefficient (Wildman–Crippen LogP) is 3.02. The van der Waals surface area contributed by atoms with E-state index in [1.165, 1.54) is 5.56 Å². The average molecular weight is 219 g/mol. The number of hydrogen-bond acceptors (Lipinski definition) is 3. The Kier molecular flexibility index (Phi) is 4.70. The van der Waals surface area contributed by atoms with E-state index in [-0.39, 0.29) is 5.97 Å². The molecule has 0 heterocycles. The molecular formula is C13H17NO2. The largest absolute Gasteiger partial charge is 0.411 e. The quantitative estimate of drug-likeness (QED) is 0.443. The highest BCUT2D eigenvalue weighted by molar-refractivity contribution is 5.93. The Hall–Kier alpha value is -1.64. The van der Waals surface area contributed by atoms with E-state index in [0.717, 1.165) is 12.8 Å². The van der Waals surface area contributed by atoms with Crippen LogP contribution in [0.15, 0.2) is 29.3 Å². The fourth-order valence-corrected chi connectivity index (χ4v) is 1.35. The Labute approximate surface area is 96.2 Å². The van der Waals surface area contributed by atoms with Gasteiger partial charge in [-0.2, -0.15) is 0 Å². The zero-order valence-corrected chi connectivity index (χ0v) is 9.93. The minimum absolute atomic E-state index is 0.374. The summed E-state index contributed by atoms with van der Waals surface area (Å²) >= 11 is 0. The fraction of sp³-hybridized carbons (Fsp3) is 0.385. The number of hydrogen-bond donors (Lipinski definition) is 0. The molecule has 3 heteroatoms. The molecule has 0 aliphatic rings. The molecule has 16 heavy (non-hydrogen) atoms. The molecule has 86 valence electrons. The molecule has 0 fully saturated rings. The van der Waals surface area contributed by atoms with Crippen LogP contribution < -0.4 is 0 Å². The predicted molar refractivity (Wildman–Crippen MR) is 65.0 cm³/mol. The lowest BCUT2D eigenvalue weighted by atomic mass is 9.98. The Bertz CT molecular complexity index is 368. The van der Waals surface area contributed by atoms with Crippen molar-refractivity contribution < 1.29 is 9.53 Å². The van der Waals surface area contributed by atoms with Crippen molar-refractivity contribution in [3.63, 3.8) is 0 Å². The van der Waals surface area contributed by atoms with Crippen molar-refractivity contribution in [2.75, 3.05) is 7.05 Å². The van der Waals surface area contributed by atoms with Crippen LogP contribution in [0.2, 0.25) is 0 Å². The van der Waals surface area contributed by atoms with Gasteiger partial charge in [-0.05, 0) is 30.0 Å². The van der Waals surface area contributed by atoms with Crippen LogP contribution in [0.4, 0.5) is 0 Å². The van der Waals surface area contributed by atoms with Gasteiger partial charge in [-0.25, -0.2) is 4.79 Å². The van der Waals surface area contributed by atoms with Gasteiger partial charge in [0.1, 0.15) is 0 Å². The molecule has 0 saturated carbocycles. The highest BCUT2D eigenvalue weighted by Gasteiger charge is 2.07. The summed E-state index contributed by atoms with van der Waals surface area (Å²) in [6.45, 7) is 4.31. The van der Waals surface area contributed by atoms with Crippen LogP contribution in [-0.4, -0.2) is 19.4 Å². The Morgan fingerprint density at radius 3 is 2.56 bits per heavy atom. The van der Waals surface area contributed by atoms with E-state index in [1.807, 2.05) is 12.1 Å². The summed E-state index contributed by atoms with van der Waals surface area (Å²) in [5, 5.41) is 0. The number of rotatable bonds is 4.